The molecule has 4 nitrogen and oxygen atoms in total. The Hall–Kier alpha value is -2.33. The third-order valence-electron chi connectivity index (χ3n) is 3.97. The summed E-state index contributed by atoms with van der Waals surface area (Å²) in [6, 6.07) is 17.5. The Kier molecular flexibility index (Phi) is 4.39. The van der Waals surface area contributed by atoms with Crippen molar-refractivity contribution in [1.82, 2.24) is 4.90 Å². The Labute approximate surface area is 130 Å². The summed E-state index contributed by atoms with van der Waals surface area (Å²) in [6.07, 6.45) is 0.191. The second-order valence-electron chi connectivity index (χ2n) is 5.39. The Morgan fingerprint density at radius 3 is 2.64 bits per heavy atom. The highest BCUT2D eigenvalue weighted by Crippen LogP contribution is 2.36. The molecule has 0 bridgehead atoms. The number of rotatable bonds is 4. The number of hydrogen-bond acceptors (Lipinski definition) is 3. The minimum Gasteiger partial charge on any atom is -0.445 e. The van der Waals surface area contributed by atoms with Crippen LogP contribution in [-0.4, -0.2) is 22.7 Å². The fraction of sp³-hybridized carbons (Fsp3) is 0.278. The van der Waals surface area contributed by atoms with Crippen molar-refractivity contribution >= 4 is 6.09 Å². The van der Waals surface area contributed by atoms with Gasteiger partial charge in [-0.25, -0.2) is 4.79 Å². The SMILES string of the molecule is O=C(OCc1ccccc1)N1Cc2ccccc2C1CCO. The van der Waals surface area contributed by atoms with Gasteiger partial charge in [0.25, 0.3) is 0 Å². The maximum Gasteiger partial charge on any atom is 0.410 e. The molecule has 114 valence electrons. The number of amides is 1. The molecular formula is C18H19NO3. The summed E-state index contributed by atoms with van der Waals surface area (Å²) in [5.74, 6) is 0. The molecule has 2 aromatic rings. The Bertz CT molecular complexity index is 642. The summed E-state index contributed by atoms with van der Waals surface area (Å²) in [6.45, 7) is 0.842. The van der Waals surface area contributed by atoms with Gasteiger partial charge in [-0.05, 0) is 23.1 Å². The highest BCUT2D eigenvalue weighted by atomic mass is 16.6. The molecule has 0 spiro atoms. The van der Waals surface area contributed by atoms with Crippen LogP contribution in [0, 0.1) is 0 Å². The number of ether oxygens (including phenoxy) is 1. The molecule has 0 saturated heterocycles. The van der Waals surface area contributed by atoms with Gasteiger partial charge in [-0.15, -0.1) is 0 Å². The average molecular weight is 297 g/mol. The van der Waals surface area contributed by atoms with Gasteiger partial charge >= 0.3 is 6.09 Å². The first-order valence-electron chi connectivity index (χ1n) is 7.45. The lowest BCUT2D eigenvalue weighted by Gasteiger charge is -2.24. The summed E-state index contributed by atoms with van der Waals surface area (Å²) in [5.41, 5.74) is 3.19. The predicted molar refractivity (Wildman–Crippen MR) is 83.1 cm³/mol. The van der Waals surface area contributed by atoms with Crippen LogP contribution < -0.4 is 0 Å². The van der Waals surface area contributed by atoms with Gasteiger partial charge in [0.15, 0.2) is 0 Å². The number of carbonyl (C=O) groups excluding carboxylic acids is 1. The monoisotopic (exact) mass is 297 g/mol. The lowest BCUT2D eigenvalue weighted by atomic mass is 10.0. The van der Waals surface area contributed by atoms with Gasteiger partial charge in [0.2, 0.25) is 0 Å². The minimum atomic E-state index is -0.335. The van der Waals surface area contributed by atoms with E-state index in [9.17, 15) is 9.90 Å². The van der Waals surface area contributed by atoms with E-state index in [0.717, 1.165) is 16.7 Å². The summed E-state index contributed by atoms with van der Waals surface area (Å²) < 4.78 is 5.43. The molecule has 0 radical (unpaired) electrons. The number of benzene rings is 2. The van der Waals surface area contributed by atoms with Crippen LogP contribution in [0.1, 0.15) is 29.2 Å². The molecule has 3 rings (SSSR count). The maximum atomic E-state index is 12.4. The molecule has 0 aliphatic carbocycles. The van der Waals surface area contributed by atoms with Gasteiger partial charge in [0.1, 0.15) is 6.61 Å². The Morgan fingerprint density at radius 2 is 1.86 bits per heavy atom. The standard InChI is InChI=1S/C18H19NO3/c20-11-10-17-16-9-5-4-8-15(16)12-19(17)18(21)22-13-14-6-2-1-3-7-14/h1-9,17,20H,10-13H2. The third kappa shape index (κ3) is 2.97. The van der Waals surface area contributed by atoms with Crippen LogP contribution in [0.5, 0.6) is 0 Å². The number of nitrogens with zero attached hydrogens (tertiary/aromatic N) is 1. The molecular weight excluding hydrogens is 278 g/mol. The van der Waals surface area contributed by atoms with Crippen LogP contribution in [0.15, 0.2) is 54.6 Å². The third-order valence-corrected chi connectivity index (χ3v) is 3.97. The van der Waals surface area contributed by atoms with E-state index in [0.29, 0.717) is 13.0 Å². The van der Waals surface area contributed by atoms with Crippen molar-refractivity contribution in [2.45, 2.75) is 25.6 Å². The molecule has 1 aliphatic rings. The van der Waals surface area contributed by atoms with E-state index >= 15 is 0 Å². The van der Waals surface area contributed by atoms with Crippen molar-refractivity contribution in [3.8, 4) is 0 Å². The zero-order valence-corrected chi connectivity index (χ0v) is 12.3. The second-order valence-corrected chi connectivity index (χ2v) is 5.39. The van der Waals surface area contributed by atoms with Crippen LogP contribution >= 0.6 is 0 Å². The zero-order chi connectivity index (χ0) is 15.4. The van der Waals surface area contributed by atoms with Gasteiger partial charge in [-0.3, -0.25) is 4.90 Å². The molecule has 0 fully saturated rings. The first kappa shape index (κ1) is 14.6. The maximum absolute atomic E-state index is 12.4. The van der Waals surface area contributed by atoms with Crippen molar-refractivity contribution < 1.29 is 14.6 Å². The summed E-state index contributed by atoms with van der Waals surface area (Å²) in [7, 11) is 0. The van der Waals surface area contributed by atoms with E-state index in [-0.39, 0.29) is 25.3 Å². The molecule has 4 heteroatoms. The number of carbonyl (C=O) groups is 1. The largest absolute Gasteiger partial charge is 0.445 e. The number of hydrogen-bond donors (Lipinski definition) is 1. The smallest absolute Gasteiger partial charge is 0.410 e. The predicted octanol–water partition coefficient (Wildman–Crippen LogP) is 3.26. The van der Waals surface area contributed by atoms with Gasteiger partial charge in [0.05, 0.1) is 6.04 Å². The van der Waals surface area contributed by atoms with E-state index in [4.69, 9.17) is 4.74 Å². The topological polar surface area (TPSA) is 49.8 Å². The van der Waals surface area contributed by atoms with Crippen LogP contribution in [0.2, 0.25) is 0 Å². The van der Waals surface area contributed by atoms with E-state index in [1.54, 1.807) is 4.90 Å². The van der Waals surface area contributed by atoms with Gasteiger partial charge in [-0.1, -0.05) is 54.6 Å². The lowest BCUT2D eigenvalue weighted by molar-refractivity contribution is 0.0776. The van der Waals surface area contributed by atoms with Gasteiger partial charge in [-0.2, -0.15) is 0 Å². The highest BCUT2D eigenvalue weighted by Gasteiger charge is 2.33. The molecule has 0 saturated carbocycles. The zero-order valence-electron chi connectivity index (χ0n) is 12.3. The summed E-state index contributed by atoms with van der Waals surface area (Å²) in [4.78, 5) is 14.1. The molecule has 1 heterocycles. The highest BCUT2D eigenvalue weighted by molar-refractivity contribution is 5.70. The molecule has 1 unspecified atom stereocenters. The molecule has 1 amide bonds. The average Bonchev–Trinajstić information content (AvgIpc) is 2.93. The van der Waals surface area contributed by atoms with Crippen molar-refractivity contribution in [2.75, 3.05) is 6.61 Å². The second kappa shape index (κ2) is 6.62. The van der Waals surface area contributed by atoms with Crippen molar-refractivity contribution in [2.24, 2.45) is 0 Å². The molecule has 0 aromatic heterocycles. The van der Waals surface area contributed by atoms with E-state index in [1.165, 1.54) is 0 Å². The molecule has 1 N–H and O–H groups in total. The normalized spacial score (nSPS) is 16.4. The molecule has 22 heavy (non-hydrogen) atoms. The van der Waals surface area contributed by atoms with E-state index in [2.05, 4.69) is 0 Å². The summed E-state index contributed by atoms with van der Waals surface area (Å²) in [5, 5.41) is 9.28. The molecule has 2 aromatic carbocycles. The number of aliphatic hydroxyl groups is 1. The summed E-state index contributed by atoms with van der Waals surface area (Å²) >= 11 is 0. The molecule has 1 aliphatic heterocycles. The van der Waals surface area contributed by atoms with Crippen molar-refractivity contribution in [3.63, 3.8) is 0 Å². The Morgan fingerprint density at radius 1 is 1.14 bits per heavy atom. The quantitative estimate of drug-likeness (QED) is 0.942. The first-order chi connectivity index (χ1) is 10.8. The fourth-order valence-electron chi connectivity index (χ4n) is 2.89. The van der Waals surface area contributed by atoms with Gasteiger partial charge in [0, 0.05) is 13.2 Å². The Balaban J connectivity index is 1.69. The van der Waals surface area contributed by atoms with Crippen molar-refractivity contribution in [1.29, 1.82) is 0 Å². The number of aliphatic hydroxyl groups excluding tert-OH is 1. The number of fused-ring (bicyclic) bond motifs is 1. The fourth-order valence-corrected chi connectivity index (χ4v) is 2.89. The van der Waals surface area contributed by atoms with Crippen LogP contribution in [0.4, 0.5) is 4.79 Å². The van der Waals surface area contributed by atoms with E-state index < -0.39 is 0 Å². The van der Waals surface area contributed by atoms with Crippen LogP contribution in [0.3, 0.4) is 0 Å². The van der Waals surface area contributed by atoms with Gasteiger partial charge < -0.3 is 9.84 Å². The lowest BCUT2D eigenvalue weighted by Crippen LogP contribution is -2.30. The van der Waals surface area contributed by atoms with Crippen LogP contribution in [-0.2, 0) is 17.9 Å². The minimum absolute atomic E-state index is 0.0431. The van der Waals surface area contributed by atoms with Crippen molar-refractivity contribution in [3.05, 3.63) is 71.3 Å². The van der Waals surface area contributed by atoms with E-state index in [1.807, 2.05) is 54.6 Å². The molecule has 1 atom stereocenters. The van der Waals surface area contributed by atoms with Crippen LogP contribution in [0.25, 0.3) is 0 Å². The first-order valence-corrected chi connectivity index (χ1v) is 7.45.